The number of nitrogens with one attached hydrogen (secondary N) is 1. The molecule has 1 heterocycles. The molecule has 3 rings (SSSR count). The molecule has 5 heteroatoms. The van der Waals surface area contributed by atoms with Crippen LogP contribution >= 0.6 is 11.3 Å². The first-order chi connectivity index (χ1) is 12.7. The Kier molecular flexibility index (Phi) is 6.83. The van der Waals surface area contributed by atoms with E-state index in [1.807, 2.05) is 47.8 Å². The SMILES string of the molecule is O=C(COC(=O)CCC1CCCC1)N[C@@H](c1ccccc1)c1cccs1. The van der Waals surface area contributed by atoms with Crippen LogP contribution in [0.5, 0.6) is 0 Å². The Morgan fingerprint density at radius 2 is 1.88 bits per heavy atom. The highest BCUT2D eigenvalue weighted by atomic mass is 32.1. The van der Waals surface area contributed by atoms with Crippen LogP contribution in [0.1, 0.15) is 55.0 Å². The molecule has 1 fully saturated rings. The zero-order valence-corrected chi connectivity index (χ0v) is 15.7. The first-order valence-corrected chi connectivity index (χ1v) is 10.1. The van der Waals surface area contributed by atoms with Crippen LogP contribution in [-0.2, 0) is 14.3 Å². The molecule has 1 aliphatic rings. The minimum Gasteiger partial charge on any atom is -0.456 e. The van der Waals surface area contributed by atoms with E-state index in [1.54, 1.807) is 11.3 Å². The van der Waals surface area contributed by atoms with Gasteiger partial charge in [0.15, 0.2) is 6.61 Å². The second-order valence-corrected chi connectivity index (χ2v) is 7.76. The van der Waals surface area contributed by atoms with E-state index in [4.69, 9.17) is 4.74 Å². The van der Waals surface area contributed by atoms with Gasteiger partial charge in [-0.3, -0.25) is 9.59 Å². The van der Waals surface area contributed by atoms with Crippen molar-refractivity contribution in [3.63, 3.8) is 0 Å². The highest BCUT2D eigenvalue weighted by Crippen LogP contribution is 2.28. The predicted molar refractivity (Wildman–Crippen MR) is 103 cm³/mol. The molecule has 2 aromatic rings. The summed E-state index contributed by atoms with van der Waals surface area (Å²) in [6.07, 6.45) is 6.26. The maximum Gasteiger partial charge on any atom is 0.306 e. The summed E-state index contributed by atoms with van der Waals surface area (Å²) in [4.78, 5) is 25.2. The lowest BCUT2D eigenvalue weighted by molar-refractivity contribution is -0.148. The molecule has 0 spiro atoms. The van der Waals surface area contributed by atoms with Gasteiger partial charge in [0.05, 0.1) is 6.04 Å². The summed E-state index contributed by atoms with van der Waals surface area (Å²) in [6, 6.07) is 13.6. The maximum absolute atomic E-state index is 12.3. The summed E-state index contributed by atoms with van der Waals surface area (Å²) in [7, 11) is 0. The van der Waals surface area contributed by atoms with E-state index in [1.165, 1.54) is 25.7 Å². The quantitative estimate of drug-likeness (QED) is 0.697. The molecule has 0 unspecified atom stereocenters. The van der Waals surface area contributed by atoms with Crippen LogP contribution in [0.15, 0.2) is 47.8 Å². The number of amides is 1. The zero-order valence-electron chi connectivity index (χ0n) is 14.9. The number of esters is 1. The highest BCUT2D eigenvalue weighted by Gasteiger charge is 2.20. The van der Waals surface area contributed by atoms with E-state index in [2.05, 4.69) is 5.32 Å². The molecule has 138 valence electrons. The maximum atomic E-state index is 12.3. The van der Waals surface area contributed by atoms with Gasteiger partial charge in [-0.2, -0.15) is 0 Å². The van der Waals surface area contributed by atoms with E-state index in [9.17, 15) is 9.59 Å². The number of thiophene rings is 1. The average Bonchev–Trinajstić information content (AvgIpc) is 3.37. The van der Waals surface area contributed by atoms with Crippen LogP contribution in [0.3, 0.4) is 0 Å². The molecule has 4 nitrogen and oxygen atoms in total. The predicted octanol–water partition coefficient (Wildman–Crippen LogP) is 4.47. The van der Waals surface area contributed by atoms with Crippen LogP contribution in [0.25, 0.3) is 0 Å². The Labute approximate surface area is 158 Å². The van der Waals surface area contributed by atoms with E-state index < -0.39 is 0 Å². The average molecular weight is 372 g/mol. The van der Waals surface area contributed by atoms with Crippen molar-refractivity contribution in [1.29, 1.82) is 0 Å². The minimum absolute atomic E-state index is 0.221. The highest BCUT2D eigenvalue weighted by molar-refractivity contribution is 7.10. The summed E-state index contributed by atoms with van der Waals surface area (Å²) < 4.78 is 5.17. The van der Waals surface area contributed by atoms with Gasteiger partial charge >= 0.3 is 5.97 Å². The molecule has 0 radical (unpaired) electrons. The Bertz CT molecular complexity index is 693. The molecule has 0 saturated heterocycles. The third-order valence-corrected chi connectivity index (χ3v) is 5.80. The molecule has 1 N–H and O–H groups in total. The van der Waals surface area contributed by atoms with Gasteiger partial charge in [0, 0.05) is 11.3 Å². The van der Waals surface area contributed by atoms with Crippen molar-refractivity contribution < 1.29 is 14.3 Å². The molecular formula is C21H25NO3S. The summed E-state index contributed by atoms with van der Waals surface area (Å²) in [6.45, 7) is -0.224. The molecule has 1 amide bonds. The van der Waals surface area contributed by atoms with Gasteiger partial charge in [-0.05, 0) is 29.3 Å². The van der Waals surface area contributed by atoms with Crippen LogP contribution in [0.4, 0.5) is 0 Å². The summed E-state index contributed by atoms with van der Waals surface area (Å²) in [5.74, 6) is 0.0959. The largest absolute Gasteiger partial charge is 0.456 e. The third kappa shape index (κ3) is 5.43. The fourth-order valence-electron chi connectivity index (χ4n) is 3.46. The summed E-state index contributed by atoms with van der Waals surface area (Å²) in [5, 5.41) is 4.97. The Morgan fingerprint density at radius 1 is 1.12 bits per heavy atom. The second-order valence-electron chi connectivity index (χ2n) is 6.78. The van der Waals surface area contributed by atoms with Gasteiger partial charge in [-0.15, -0.1) is 11.3 Å². The second kappa shape index (κ2) is 9.53. The first-order valence-electron chi connectivity index (χ1n) is 9.25. The minimum atomic E-state index is -0.278. The molecule has 26 heavy (non-hydrogen) atoms. The monoisotopic (exact) mass is 371 g/mol. The molecule has 1 aromatic heterocycles. The summed E-state index contributed by atoms with van der Waals surface area (Å²) >= 11 is 1.59. The normalized spacial score (nSPS) is 15.5. The Morgan fingerprint density at radius 3 is 2.58 bits per heavy atom. The Balaban J connectivity index is 1.49. The van der Waals surface area contributed by atoms with E-state index >= 15 is 0 Å². The number of carbonyl (C=O) groups excluding carboxylic acids is 2. The topological polar surface area (TPSA) is 55.4 Å². The van der Waals surface area contributed by atoms with Crippen molar-refractivity contribution in [2.75, 3.05) is 6.61 Å². The standard InChI is InChI=1S/C21H25NO3S/c23-19(15-25-20(24)13-12-16-7-4-5-8-16)22-21(18-11-6-14-26-18)17-9-2-1-3-10-17/h1-3,6,9-11,14,16,21H,4-5,7-8,12-13,15H2,(H,22,23)/t21-/m0/s1. The van der Waals surface area contributed by atoms with Gasteiger partial charge < -0.3 is 10.1 Å². The molecule has 0 aliphatic heterocycles. The van der Waals surface area contributed by atoms with Crippen LogP contribution in [-0.4, -0.2) is 18.5 Å². The summed E-state index contributed by atoms with van der Waals surface area (Å²) in [5.41, 5.74) is 1.01. The number of benzene rings is 1. The van der Waals surface area contributed by atoms with Gasteiger partial charge in [-0.1, -0.05) is 62.1 Å². The number of hydrogen-bond donors (Lipinski definition) is 1. The van der Waals surface area contributed by atoms with E-state index in [-0.39, 0.29) is 24.5 Å². The van der Waals surface area contributed by atoms with Crippen LogP contribution < -0.4 is 5.32 Å². The van der Waals surface area contributed by atoms with Gasteiger partial charge in [0.2, 0.25) is 0 Å². The van der Waals surface area contributed by atoms with Crippen molar-refractivity contribution >= 4 is 23.2 Å². The molecule has 1 aromatic carbocycles. The van der Waals surface area contributed by atoms with Crippen molar-refractivity contribution in [3.05, 3.63) is 58.3 Å². The van der Waals surface area contributed by atoms with Crippen LogP contribution in [0, 0.1) is 5.92 Å². The fraction of sp³-hybridized carbons (Fsp3) is 0.429. The van der Waals surface area contributed by atoms with Crippen molar-refractivity contribution in [2.24, 2.45) is 5.92 Å². The lowest BCUT2D eigenvalue weighted by Crippen LogP contribution is -2.32. The molecule has 1 atom stereocenters. The van der Waals surface area contributed by atoms with Crippen molar-refractivity contribution in [1.82, 2.24) is 5.32 Å². The molecule has 0 bridgehead atoms. The number of ether oxygens (including phenoxy) is 1. The lowest BCUT2D eigenvalue weighted by Gasteiger charge is -2.18. The number of carbonyl (C=O) groups is 2. The van der Waals surface area contributed by atoms with Crippen molar-refractivity contribution in [2.45, 2.75) is 44.6 Å². The number of hydrogen-bond acceptors (Lipinski definition) is 4. The van der Waals surface area contributed by atoms with Gasteiger partial charge in [-0.25, -0.2) is 0 Å². The third-order valence-electron chi connectivity index (χ3n) is 4.86. The molecule has 1 saturated carbocycles. The lowest BCUT2D eigenvalue weighted by atomic mass is 10.0. The van der Waals surface area contributed by atoms with Crippen molar-refractivity contribution in [3.8, 4) is 0 Å². The van der Waals surface area contributed by atoms with E-state index in [0.717, 1.165) is 16.9 Å². The van der Waals surface area contributed by atoms with E-state index in [0.29, 0.717) is 12.3 Å². The Hall–Kier alpha value is -2.14. The first kappa shape index (κ1) is 18.6. The molecular weight excluding hydrogens is 346 g/mol. The molecule has 1 aliphatic carbocycles. The van der Waals surface area contributed by atoms with Crippen LogP contribution in [0.2, 0.25) is 0 Å². The smallest absolute Gasteiger partial charge is 0.306 e. The van der Waals surface area contributed by atoms with Gasteiger partial charge in [0.25, 0.3) is 5.91 Å². The number of rotatable bonds is 8. The zero-order chi connectivity index (χ0) is 18.2. The van der Waals surface area contributed by atoms with Gasteiger partial charge in [0.1, 0.15) is 0 Å². The fourth-order valence-corrected chi connectivity index (χ4v) is 4.26.